The highest BCUT2D eigenvalue weighted by Gasteiger charge is 2.55. The highest BCUT2D eigenvalue weighted by atomic mass is 16.5. The molecule has 10 nitrogen and oxygen atoms in total. The summed E-state index contributed by atoms with van der Waals surface area (Å²) >= 11 is 0. The molecule has 0 aromatic heterocycles. The van der Waals surface area contributed by atoms with Gasteiger partial charge >= 0.3 is 18.0 Å². The molecule has 0 unspecified atom stereocenters. The molecule has 10 heteroatoms. The minimum Gasteiger partial charge on any atom is -0.454 e. The van der Waals surface area contributed by atoms with Crippen LogP contribution in [-0.4, -0.2) is 60.5 Å². The summed E-state index contributed by atoms with van der Waals surface area (Å²) in [7, 11) is 1.33. The van der Waals surface area contributed by atoms with Crippen LogP contribution in [0.2, 0.25) is 0 Å². The van der Waals surface area contributed by atoms with E-state index in [1.54, 1.807) is 0 Å². The molecule has 6 amide bonds. The number of imide groups is 2. The zero-order chi connectivity index (χ0) is 18.6. The van der Waals surface area contributed by atoms with Crippen molar-refractivity contribution in [1.82, 2.24) is 20.9 Å². The molecule has 2 atom stereocenters. The summed E-state index contributed by atoms with van der Waals surface area (Å²) in [5, 5.41) is 6.82. The van der Waals surface area contributed by atoms with Gasteiger partial charge in [-0.25, -0.2) is 9.59 Å². The maximum atomic E-state index is 12.7. The lowest BCUT2D eigenvalue weighted by molar-refractivity contribution is -0.151. The average molecular weight is 354 g/mol. The number of urea groups is 2. The second-order valence-electron chi connectivity index (χ2n) is 6.23. The molecule has 0 aromatic rings. The van der Waals surface area contributed by atoms with Crippen molar-refractivity contribution in [3.8, 4) is 0 Å². The first-order valence-corrected chi connectivity index (χ1v) is 8.11. The minimum atomic E-state index is -0.952. The number of nitrogens with one attached hydrogen (secondary N) is 3. The van der Waals surface area contributed by atoms with Gasteiger partial charge in [0, 0.05) is 7.05 Å². The minimum absolute atomic E-state index is 0.0166. The Morgan fingerprint density at radius 2 is 2.04 bits per heavy atom. The number of nitrogens with zero attached hydrogens (tertiary/aromatic N) is 1. The molecule has 1 aliphatic heterocycles. The van der Waals surface area contributed by atoms with Gasteiger partial charge in [0.05, 0.1) is 0 Å². The van der Waals surface area contributed by atoms with Crippen molar-refractivity contribution in [2.75, 3.05) is 20.2 Å². The number of carbonyl (C=O) groups excluding carboxylic acids is 5. The van der Waals surface area contributed by atoms with E-state index in [1.807, 2.05) is 12.2 Å². The third kappa shape index (κ3) is 3.89. The molecule has 25 heavy (non-hydrogen) atoms. The van der Waals surface area contributed by atoms with Crippen LogP contribution in [0.15, 0.2) is 0 Å². The Morgan fingerprint density at radius 3 is 2.68 bits per heavy atom. The second kappa shape index (κ2) is 7.49. The van der Waals surface area contributed by atoms with Gasteiger partial charge in [0.25, 0.3) is 11.8 Å². The predicted molar refractivity (Wildman–Crippen MR) is 84.2 cm³/mol. The largest absolute Gasteiger partial charge is 0.454 e. The Balaban J connectivity index is 1.90. The average Bonchev–Trinajstić information content (AvgIpc) is 2.80. The van der Waals surface area contributed by atoms with Crippen LogP contribution in [0.25, 0.3) is 0 Å². The summed E-state index contributed by atoms with van der Waals surface area (Å²) in [5.41, 5.74) is -0.952. The SMILES string of the molecule is CNC(=O)NC(=O)COC(=O)CN1C(=O)N[C@]2(CCCC[C@H]2C)C1=O. The monoisotopic (exact) mass is 354 g/mol. The number of hydrogen-bond acceptors (Lipinski definition) is 6. The second-order valence-corrected chi connectivity index (χ2v) is 6.23. The molecule has 1 spiro atoms. The molecule has 1 aliphatic carbocycles. The van der Waals surface area contributed by atoms with Gasteiger partial charge in [-0.3, -0.25) is 24.6 Å². The molecule has 1 heterocycles. The molecule has 2 fully saturated rings. The van der Waals surface area contributed by atoms with Crippen molar-refractivity contribution in [3.63, 3.8) is 0 Å². The van der Waals surface area contributed by atoms with E-state index in [0.717, 1.165) is 24.2 Å². The van der Waals surface area contributed by atoms with Gasteiger partial charge in [-0.2, -0.15) is 0 Å². The van der Waals surface area contributed by atoms with Crippen LogP contribution >= 0.6 is 0 Å². The first-order chi connectivity index (χ1) is 11.8. The number of esters is 1. The Morgan fingerprint density at radius 1 is 1.32 bits per heavy atom. The molecule has 138 valence electrons. The predicted octanol–water partition coefficient (Wildman–Crippen LogP) is -0.514. The van der Waals surface area contributed by atoms with Crippen molar-refractivity contribution in [2.45, 2.75) is 38.1 Å². The van der Waals surface area contributed by atoms with Crippen LogP contribution in [0.3, 0.4) is 0 Å². The van der Waals surface area contributed by atoms with Crippen LogP contribution in [0.4, 0.5) is 9.59 Å². The Hall–Kier alpha value is -2.65. The summed E-state index contributed by atoms with van der Waals surface area (Å²) in [6.45, 7) is 0.645. The maximum Gasteiger partial charge on any atom is 0.326 e. The summed E-state index contributed by atoms with van der Waals surface area (Å²) in [6.07, 6.45) is 3.19. The number of amides is 6. The van der Waals surface area contributed by atoms with Crippen LogP contribution < -0.4 is 16.0 Å². The molecule has 1 saturated carbocycles. The molecular weight excluding hydrogens is 332 g/mol. The molecule has 0 aromatic carbocycles. The van der Waals surface area contributed by atoms with Gasteiger partial charge in [0.2, 0.25) is 0 Å². The standard InChI is InChI=1S/C15H22N4O6/c1-9-5-3-4-6-15(9)12(22)19(14(24)18-15)7-11(21)25-8-10(20)17-13(23)16-2/h9H,3-8H2,1-2H3,(H,18,24)(H2,16,17,20,23)/t9-,15+/m1/s1. The Labute approximate surface area is 144 Å². The van der Waals surface area contributed by atoms with Crippen LogP contribution in [0, 0.1) is 5.92 Å². The number of ether oxygens (including phenoxy) is 1. The van der Waals surface area contributed by atoms with Crippen molar-refractivity contribution >= 4 is 29.8 Å². The zero-order valence-electron chi connectivity index (χ0n) is 14.2. The fourth-order valence-electron chi connectivity index (χ4n) is 3.19. The molecule has 2 aliphatic rings. The quantitative estimate of drug-likeness (QED) is 0.460. The van der Waals surface area contributed by atoms with E-state index >= 15 is 0 Å². The van der Waals surface area contributed by atoms with E-state index in [4.69, 9.17) is 4.74 Å². The van der Waals surface area contributed by atoms with Crippen molar-refractivity contribution < 1.29 is 28.7 Å². The van der Waals surface area contributed by atoms with Gasteiger partial charge in [-0.1, -0.05) is 19.8 Å². The van der Waals surface area contributed by atoms with E-state index in [1.165, 1.54) is 7.05 Å². The summed E-state index contributed by atoms with van der Waals surface area (Å²) < 4.78 is 4.71. The van der Waals surface area contributed by atoms with Crippen molar-refractivity contribution in [3.05, 3.63) is 0 Å². The fourth-order valence-corrected chi connectivity index (χ4v) is 3.19. The highest BCUT2D eigenvalue weighted by Crippen LogP contribution is 2.38. The number of hydrogen-bond donors (Lipinski definition) is 3. The normalized spacial score (nSPS) is 25.5. The van der Waals surface area contributed by atoms with Gasteiger partial charge < -0.3 is 15.4 Å². The highest BCUT2D eigenvalue weighted by molar-refractivity contribution is 6.09. The van der Waals surface area contributed by atoms with E-state index in [9.17, 15) is 24.0 Å². The summed E-state index contributed by atoms with van der Waals surface area (Å²) in [5.74, 6) is -2.17. The van der Waals surface area contributed by atoms with Crippen molar-refractivity contribution in [1.29, 1.82) is 0 Å². The first kappa shape index (κ1) is 18.7. The molecule has 3 N–H and O–H groups in total. The summed E-state index contributed by atoms with van der Waals surface area (Å²) in [4.78, 5) is 59.7. The lowest BCUT2D eigenvalue weighted by atomic mass is 9.73. The van der Waals surface area contributed by atoms with Gasteiger partial charge in [0.15, 0.2) is 6.61 Å². The molecule has 2 rings (SSSR count). The van der Waals surface area contributed by atoms with Gasteiger partial charge in [-0.05, 0) is 18.8 Å². The fraction of sp³-hybridized carbons (Fsp3) is 0.667. The number of carbonyl (C=O) groups is 5. The maximum absolute atomic E-state index is 12.7. The van der Waals surface area contributed by atoms with E-state index in [-0.39, 0.29) is 5.92 Å². The van der Waals surface area contributed by atoms with E-state index < -0.39 is 48.5 Å². The van der Waals surface area contributed by atoms with Gasteiger partial charge in [0.1, 0.15) is 12.1 Å². The van der Waals surface area contributed by atoms with Crippen LogP contribution in [0.1, 0.15) is 32.6 Å². The summed E-state index contributed by atoms with van der Waals surface area (Å²) in [6, 6.07) is -1.37. The van der Waals surface area contributed by atoms with E-state index in [2.05, 4.69) is 10.6 Å². The number of rotatable bonds is 4. The molecule has 0 bridgehead atoms. The topological polar surface area (TPSA) is 134 Å². The van der Waals surface area contributed by atoms with Crippen LogP contribution in [0.5, 0.6) is 0 Å². The smallest absolute Gasteiger partial charge is 0.326 e. The molecule has 0 radical (unpaired) electrons. The zero-order valence-corrected chi connectivity index (χ0v) is 14.2. The third-order valence-electron chi connectivity index (χ3n) is 4.63. The van der Waals surface area contributed by atoms with Crippen molar-refractivity contribution in [2.24, 2.45) is 5.92 Å². The van der Waals surface area contributed by atoms with E-state index in [0.29, 0.717) is 6.42 Å². The van der Waals surface area contributed by atoms with Gasteiger partial charge in [-0.15, -0.1) is 0 Å². The Kier molecular flexibility index (Phi) is 5.60. The molecule has 1 saturated heterocycles. The lowest BCUT2D eigenvalue weighted by Crippen LogP contribution is -2.54. The molecular formula is C15H22N4O6. The first-order valence-electron chi connectivity index (χ1n) is 8.11. The third-order valence-corrected chi connectivity index (χ3v) is 4.63. The lowest BCUT2D eigenvalue weighted by Gasteiger charge is -2.36. The Bertz CT molecular complexity index is 607. The van der Waals surface area contributed by atoms with Crippen LogP contribution in [-0.2, 0) is 19.1 Å².